The van der Waals surface area contributed by atoms with Gasteiger partial charge in [0, 0.05) is 20.1 Å². The van der Waals surface area contributed by atoms with E-state index in [1.807, 2.05) is 6.92 Å². The number of methoxy groups -OCH3 is 1. The normalized spacial score (nSPS) is 12.4. The Morgan fingerprint density at radius 1 is 1.61 bits per heavy atom. The Bertz CT molecular complexity index is 367. The molecule has 7 heteroatoms. The molecule has 0 radical (unpaired) electrons. The smallest absolute Gasteiger partial charge is 0.290 e. The summed E-state index contributed by atoms with van der Waals surface area (Å²) in [5.74, 6) is 0.514. The molecule has 0 fully saturated rings. The Labute approximate surface area is 106 Å². The molecule has 102 valence electrons. The minimum Gasteiger partial charge on any atom is -0.391 e. The average molecular weight is 256 g/mol. The van der Waals surface area contributed by atoms with E-state index in [-0.39, 0.29) is 18.3 Å². The van der Waals surface area contributed by atoms with Gasteiger partial charge < -0.3 is 15.2 Å². The first kappa shape index (κ1) is 14.6. The summed E-state index contributed by atoms with van der Waals surface area (Å²) < 4.78 is 4.78. The summed E-state index contributed by atoms with van der Waals surface area (Å²) in [7, 11) is 1.52. The number of nitrogens with one attached hydrogen (secondary N) is 2. The topological polar surface area (TPSA) is 100 Å². The third-order valence-electron chi connectivity index (χ3n) is 2.34. The standard InChI is InChI=1S/C11H20N4O3/c1-3-4-9-13-10(15-14-9)11(17)12-6-5-8(16)7-18-2/h8,16H,3-7H2,1-2H3,(H,12,17)(H,13,14,15). The maximum atomic E-state index is 11.6. The van der Waals surface area contributed by atoms with Crippen LogP contribution in [-0.2, 0) is 11.2 Å². The van der Waals surface area contributed by atoms with Crippen LogP contribution >= 0.6 is 0 Å². The van der Waals surface area contributed by atoms with Gasteiger partial charge in [-0.2, -0.15) is 0 Å². The van der Waals surface area contributed by atoms with Crippen LogP contribution < -0.4 is 5.32 Å². The van der Waals surface area contributed by atoms with Gasteiger partial charge in [-0.15, -0.1) is 5.10 Å². The van der Waals surface area contributed by atoms with E-state index < -0.39 is 6.10 Å². The first-order valence-electron chi connectivity index (χ1n) is 6.03. The summed E-state index contributed by atoms with van der Waals surface area (Å²) in [6, 6.07) is 0. The lowest BCUT2D eigenvalue weighted by Gasteiger charge is -2.08. The van der Waals surface area contributed by atoms with Gasteiger partial charge in [-0.3, -0.25) is 9.89 Å². The predicted octanol–water partition coefficient (Wildman–Crippen LogP) is -0.116. The Morgan fingerprint density at radius 3 is 3.06 bits per heavy atom. The summed E-state index contributed by atoms with van der Waals surface area (Å²) >= 11 is 0. The number of hydrogen-bond donors (Lipinski definition) is 3. The lowest BCUT2D eigenvalue weighted by atomic mass is 10.2. The number of carbonyl (C=O) groups is 1. The zero-order valence-electron chi connectivity index (χ0n) is 10.8. The highest BCUT2D eigenvalue weighted by atomic mass is 16.5. The van der Waals surface area contributed by atoms with Crippen LogP contribution in [-0.4, -0.2) is 52.6 Å². The minimum atomic E-state index is -0.571. The number of nitrogens with zero attached hydrogens (tertiary/aromatic N) is 2. The molecule has 0 spiro atoms. The molecule has 3 N–H and O–H groups in total. The zero-order chi connectivity index (χ0) is 13.4. The molecule has 0 bridgehead atoms. The molecule has 1 unspecified atom stereocenters. The van der Waals surface area contributed by atoms with E-state index in [4.69, 9.17) is 4.74 Å². The van der Waals surface area contributed by atoms with Crippen molar-refractivity contribution in [2.75, 3.05) is 20.3 Å². The Kier molecular flexibility index (Phi) is 6.31. The molecule has 0 aliphatic heterocycles. The molecule has 0 aliphatic rings. The summed E-state index contributed by atoms with van der Waals surface area (Å²) in [6.45, 7) is 2.65. The number of H-pyrrole nitrogens is 1. The second-order valence-electron chi connectivity index (χ2n) is 4.01. The summed E-state index contributed by atoms with van der Waals surface area (Å²) in [4.78, 5) is 15.7. The first-order chi connectivity index (χ1) is 8.67. The van der Waals surface area contributed by atoms with E-state index in [9.17, 15) is 9.90 Å². The first-order valence-corrected chi connectivity index (χ1v) is 6.03. The van der Waals surface area contributed by atoms with Crippen LogP contribution in [0.3, 0.4) is 0 Å². The molecule has 1 aromatic heterocycles. The van der Waals surface area contributed by atoms with E-state index in [1.165, 1.54) is 7.11 Å². The SMILES string of the molecule is CCCc1nc(C(=O)NCCC(O)COC)n[nH]1. The van der Waals surface area contributed by atoms with E-state index in [1.54, 1.807) is 0 Å². The number of amides is 1. The number of aromatic amines is 1. The van der Waals surface area contributed by atoms with Crippen LogP contribution in [0.5, 0.6) is 0 Å². The van der Waals surface area contributed by atoms with Gasteiger partial charge in [-0.1, -0.05) is 6.92 Å². The van der Waals surface area contributed by atoms with E-state index in [0.29, 0.717) is 18.8 Å². The molecule has 1 atom stereocenters. The highest BCUT2D eigenvalue weighted by molar-refractivity contribution is 5.90. The maximum Gasteiger partial charge on any atom is 0.290 e. The van der Waals surface area contributed by atoms with Gasteiger partial charge >= 0.3 is 0 Å². The number of carbonyl (C=O) groups excluding carboxylic acids is 1. The Hall–Kier alpha value is -1.47. The number of aliphatic hydroxyl groups is 1. The Balaban J connectivity index is 2.31. The van der Waals surface area contributed by atoms with Crippen molar-refractivity contribution < 1.29 is 14.6 Å². The second-order valence-corrected chi connectivity index (χ2v) is 4.01. The quantitative estimate of drug-likeness (QED) is 0.602. The monoisotopic (exact) mass is 256 g/mol. The van der Waals surface area contributed by atoms with Crippen molar-refractivity contribution in [1.29, 1.82) is 0 Å². The van der Waals surface area contributed by atoms with Crippen molar-refractivity contribution >= 4 is 5.91 Å². The number of hydrogen-bond acceptors (Lipinski definition) is 5. The molecule has 0 saturated heterocycles. The van der Waals surface area contributed by atoms with Gasteiger partial charge in [0.1, 0.15) is 5.82 Å². The lowest BCUT2D eigenvalue weighted by molar-refractivity contribution is 0.0587. The largest absolute Gasteiger partial charge is 0.391 e. The maximum absolute atomic E-state index is 11.6. The van der Waals surface area contributed by atoms with Gasteiger partial charge in [0.15, 0.2) is 0 Å². The molecule has 18 heavy (non-hydrogen) atoms. The van der Waals surface area contributed by atoms with Gasteiger partial charge in [-0.05, 0) is 12.8 Å². The van der Waals surface area contributed by atoms with Crippen LogP contribution in [0.1, 0.15) is 36.2 Å². The fourth-order valence-electron chi connectivity index (χ4n) is 1.45. The number of aliphatic hydroxyl groups excluding tert-OH is 1. The molecular formula is C11H20N4O3. The van der Waals surface area contributed by atoms with Crippen molar-refractivity contribution in [3.8, 4) is 0 Å². The van der Waals surface area contributed by atoms with Crippen LogP contribution in [0.4, 0.5) is 0 Å². The molecule has 1 aromatic rings. The summed E-state index contributed by atoms with van der Waals surface area (Å²) in [5, 5.41) is 18.6. The molecule has 0 aliphatic carbocycles. The number of aromatic nitrogens is 3. The van der Waals surface area contributed by atoms with Crippen LogP contribution in [0.2, 0.25) is 0 Å². The number of ether oxygens (including phenoxy) is 1. The number of rotatable bonds is 8. The van der Waals surface area contributed by atoms with Crippen LogP contribution in [0.15, 0.2) is 0 Å². The second kappa shape index (κ2) is 7.78. The molecule has 1 rings (SSSR count). The molecule has 0 saturated carbocycles. The third kappa shape index (κ3) is 4.80. The molecule has 0 aromatic carbocycles. The summed E-state index contributed by atoms with van der Waals surface area (Å²) in [5.41, 5.74) is 0. The molecule has 1 amide bonds. The van der Waals surface area contributed by atoms with Gasteiger partial charge in [0.05, 0.1) is 12.7 Å². The fourth-order valence-corrected chi connectivity index (χ4v) is 1.45. The van der Waals surface area contributed by atoms with Gasteiger partial charge in [-0.25, -0.2) is 4.98 Å². The molecule has 1 heterocycles. The third-order valence-corrected chi connectivity index (χ3v) is 2.34. The number of aryl methyl sites for hydroxylation is 1. The Morgan fingerprint density at radius 2 is 2.39 bits per heavy atom. The van der Waals surface area contributed by atoms with E-state index in [2.05, 4.69) is 20.5 Å². The highest BCUT2D eigenvalue weighted by Crippen LogP contribution is 1.97. The van der Waals surface area contributed by atoms with Crippen molar-refractivity contribution in [1.82, 2.24) is 20.5 Å². The zero-order valence-corrected chi connectivity index (χ0v) is 10.8. The average Bonchev–Trinajstić information content (AvgIpc) is 2.78. The van der Waals surface area contributed by atoms with E-state index in [0.717, 1.165) is 12.8 Å². The molecule has 7 nitrogen and oxygen atoms in total. The van der Waals surface area contributed by atoms with Gasteiger partial charge in [0.2, 0.25) is 5.82 Å². The van der Waals surface area contributed by atoms with Crippen molar-refractivity contribution in [3.63, 3.8) is 0 Å². The minimum absolute atomic E-state index is 0.139. The van der Waals surface area contributed by atoms with Crippen molar-refractivity contribution in [2.24, 2.45) is 0 Å². The van der Waals surface area contributed by atoms with Crippen molar-refractivity contribution in [2.45, 2.75) is 32.3 Å². The van der Waals surface area contributed by atoms with Crippen molar-refractivity contribution in [3.05, 3.63) is 11.6 Å². The van der Waals surface area contributed by atoms with E-state index >= 15 is 0 Å². The summed E-state index contributed by atoms with van der Waals surface area (Å²) in [6.07, 6.45) is 1.58. The van der Waals surface area contributed by atoms with Gasteiger partial charge in [0.25, 0.3) is 5.91 Å². The molecular weight excluding hydrogens is 236 g/mol. The highest BCUT2D eigenvalue weighted by Gasteiger charge is 2.12. The fraction of sp³-hybridized carbons (Fsp3) is 0.727. The van der Waals surface area contributed by atoms with Crippen LogP contribution in [0, 0.1) is 0 Å². The predicted molar refractivity (Wildman–Crippen MR) is 65.2 cm³/mol. The van der Waals surface area contributed by atoms with Crippen LogP contribution in [0.25, 0.3) is 0 Å². The lowest BCUT2D eigenvalue weighted by Crippen LogP contribution is -2.29.